The van der Waals surface area contributed by atoms with E-state index in [1.54, 1.807) is 24.3 Å². The van der Waals surface area contributed by atoms with Crippen LogP contribution in [0.4, 0.5) is 0 Å². The highest BCUT2D eigenvalue weighted by Crippen LogP contribution is 2.57. The molecule has 0 spiro atoms. The summed E-state index contributed by atoms with van der Waals surface area (Å²) in [5.74, 6) is -1.27. The number of carboxylic acid groups (broad SMARTS) is 1. The quantitative estimate of drug-likeness (QED) is 0.799. The van der Waals surface area contributed by atoms with Gasteiger partial charge in [0.1, 0.15) is 0 Å². The topological polar surface area (TPSA) is 69.7 Å². The molecule has 6 heteroatoms. The summed E-state index contributed by atoms with van der Waals surface area (Å²) in [6, 6.07) is 18.0. The summed E-state index contributed by atoms with van der Waals surface area (Å²) in [7, 11) is -3.44. The molecule has 2 unspecified atom stereocenters. The summed E-state index contributed by atoms with van der Waals surface area (Å²) in [5, 5.41) is 11.7. The molecule has 1 aliphatic rings. The molecule has 1 aliphatic heterocycles. The van der Waals surface area contributed by atoms with Gasteiger partial charge in [0.25, 0.3) is 0 Å². The van der Waals surface area contributed by atoms with Crippen LogP contribution in [0.5, 0.6) is 0 Å². The molecule has 120 valence electrons. The Morgan fingerprint density at radius 3 is 2.35 bits per heavy atom. The second kappa shape index (κ2) is 6.67. The van der Waals surface area contributed by atoms with Crippen molar-refractivity contribution < 1.29 is 19.0 Å². The van der Waals surface area contributed by atoms with Gasteiger partial charge >= 0.3 is 7.52 Å². The fraction of sp³-hybridized carbons (Fsp3) is 0.235. The van der Waals surface area contributed by atoms with Gasteiger partial charge in [0.2, 0.25) is 0 Å². The van der Waals surface area contributed by atoms with Crippen LogP contribution in [0, 0.1) is 0 Å². The monoisotopic (exact) mass is 330 g/mol. The van der Waals surface area contributed by atoms with Crippen molar-refractivity contribution in [3.8, 4) is 0 Å². The fourth-order valence-electron chi connectivity index (χ4n) is 2.88. The third-order valence-electron chi connectivity index (χ3n) is 3.91. The first-order valence-corrected chi connectivity index (χ1v) is 9.01. The molecule has 0 saturated carbocycles. The average Bonchev–Trinajstić information content (AvgIpc) is 2.58. The van der Waals surface area contributed by atoms with Gasteiger partial charge in [0.15, 0.2) is 0 Å². The number of carboxylic acids is 1. The van der Waals surface area contributed by atoms with E-state index >= 15 is 0 Å². The minimum atomic E-state index is -3.44. The zero-order valence-electron chi connectivity index (χ0n) is 12.5. The number of hydrogen-bond donors (Lipinski definition) is 0. The van der Waals surface area contributed by atoms with Crippen LogP contribution in [0.2, 0.25) is 0 Å². The number of hydrogen-bond acceptors (Lipinski definition) is 4. The maximum Gasteiger partial charge on any atom is 0.303 e. The number of carbonyl (C=O) groups is 1. The predicted molar refractivity (Wildman–Crippen MR) is 85.1 cm³/mol. The minimum absolute atomic E-state index is 0.283. The summed E-state index contributed by atoms with van der Waals surface area (Å²) >= 11 is 0. The van der Waals surface area contributed by atoms with Crippen molar-refractivity contribution in [2.75, 3.05) is 13.2 Å². The lowest BCUT2D eigenvalue weighted by Crippen LogP contribution is -2.43. The molecule has 2 aromatic carbocycles. The van der Waals surface area contributed by atoms with Gasteiger partial charge in [0, 0.05) is 12.6 Å². The summed E-state index contributed by atoms with van der Waals surface area (Å²) in [4.78, 5) is 11.2. The van der Waals surface area contributed by atoms with Crippen LogP contribution in [-0.2, 0) is 13.9 Å². The summed E-state index contributed by atoms with van der Waals surface area (Å²) < 4.78 is 20.5. The molecule has 2 atom stereocenters. The predicted octanol–water partition coefficient (Wildman–Crippen LogP) is 1.72. The van der Waals surface area contributed by atoms with E-state index in [-0.39, 0.29) is 6.04 Å². The molecule has 2 aromatic rings. The average molecular weight is 330 g/mol. The van der Waals surface area contributed by atoms with Crippen molar-refractivity contribution in [3.05, 3.63) is 66.2 Å². The highest BCUT2D eigenvalue weighted by molar-refractivity contribution is 7.64. The van der Waals surface area contributed by atoms with Gasteiger partial charge in [-0.3, -0.25) is 4.57 Å². The molecule has 0 amide bonds. The molecule has 0 bridgehead atoms. The lowest BCUT2D eigenvalue weighted by Gasteiger charge is -2.41. The molecular weight excluding hydrogens is 313 g/mol. The smallest absolute Gasteiger partial charge is 0.303 e. The molecular formula is C17H17NO4P-. The Balaban J connectivity index is 2.05. The molecule has 0 aliphatic carbocycles. The Morgan fingerprint density at radius 1 is 1.13 bits per heavy atom. The van der Waals surface area contributed by atoms with Crippen LogP contribution in [0.3, 0.4) is 0 Å². The van der Waals surface area contributed by atoms with E-state index in [0.717, 1.165) is 5.56 Å². The summed E-state index contributed by atoms with van der Waals surface area (Å²) in [6.07, 6.45) is 0.577. The van der Waals surface area contributed by atoms with E-state index in [1.165, 1.54) is 4.67 Å². The van der Waals surface area contributed by atoms with Crippen LogP contribution in [0.1, 0.15) is 18.0 Å². The van der Waals surface area contributed by atoms with Crippen molar-refractivity contribution >= 4 is 18.8 Å². The molecule has 23 heavy (non-hydrogen) atoms. The Morgan fingerprint density at radius 2 is 1.74 bits per heavy atom. The molecule has 0 aromatic heterocycles. The molecule has 1 heterocycles. The summed E-state index contributed by atoms with van der Waals surface area (Å²) in [5.41, 5.74) is 0.924. The van der Waals surface area contributed by atoms with E-state index in [4.69, 9.17) is 4.52 Å². The van der Waals surface area contributed by atoms with Crippen molar-refractivity contribution in [3.63, 3.8) is 0 Å². The van der Waals surface area contributed by atoms with E-state index in [0.29, 0.717) is 18.3 Å². The SMILES string of the molecule is O=C([O-])CN1C(c2ccccc2)CCOP1(=O)c1ccccc1. The minimum Gasteiger partial charge on any atom is -0.549 e. The molecule has 3 rings (SSSR count). The number of benzene rings is 2. The van der Waals surface area contributed by atoms with E-state index in [9.17, 15) is 14.5 Å². The van der Waals surface area contributed by atoms with Crippen LogP contribution < -0.4 is 10.4 Å². The van der Waals surface area contributed by atoms with Gasteiger partial charge in [-0.15, -0.1) is 0 Å². The number of rotatable bonds is 4. The number of aliphatic carboxylic acids is 1. The van der Waals surface area contributed by atoms with Gasteiger partial charge < -0.3 is 14.4 Å². The maximum atomic E-state index is 13.5. The lowest BCUT2D eigenvalue weighted by atomic mass is 10.0. The Bertz CT molecular complexity index is 720. The fourth-order valence-corrected chi connectivity index (χ4v) is 5.30. The van der Waals surface area contributed by atoms with Gasteiger partial charge in [0.05, 0.1) is 17.9 Å². The highest BCUT2D eigenvalue weighted by atomic mass is 31.2. The van der Waals surface area contributed by atoms with Crippen molar-refractivity contribution in [1.29, 1.82) is 0 Å². The molecule has 1 saturated heterocycles. The normalized spacial score (nSPS) is 25.1. The van der Waals surface area contributed by atoms with Crippen molar-refractivity contribution in [2.45, 2.75) is 12.5 Å². The molecule has 0 N–H and O–H groups in total. The summed E-state index contributed by atoms with van der Waals surface area (Å²) in [6.45, 7) is -0.124. The van der Waals surface area contributed by atoms with Crippen LogP contribution in [0.25, 0.3) is 0 Å². The Hall–Kier alpha value is -1.94. The number of carbonyl (C=O) groups excluding carboxylic acids is 1. The van der Waals surface area contributed by atoms with Gasteiger partial charge in [-0.25, -0.2) is 4.67 Å². The first-order valence-electron chi connectivity index (χ1n) is 7.43. The Labute approximate surface area is 135 Å². The molecule has 5 nitrogen and oxygen atoms in total. The number of nitrogens with zero attached hydrogens (tertiary/aromatic N) is 1. The van der Waals surface area contributed by atoms with Crippen molar-refractivity contribution in [2.24, 2.45) is 0 Å². The first kappa shape index (κ1) is 15.9. The van der Waals surface area contributed by atoms with Crippen LogP contribution in [-0.4, -0.2) is 23.8 Å². The van der Waals surface area contributed by atoms with Crippen LogP contribution >= 0.6 is 7.52 Å². The third kappa shape index (κ3) is 3.22. The maximum absolute atomic E-state index is 13.5. The van der Waals surface area contributed by atoms with Crippen molar-refractivity contribution in [1.82, 2.24) is 4.67 Å². The largest absolute Gasteiger partial charge is 0.549 e. The standard InChI is InChI=1S/C17H18NO4P/c19-17(20)13-18-16(14-7-3-1-4-8-14)11-12-22-23(18,21)15-9-5-2-6-10-15/h1-10,16H,11-13H2,(H,19,20)/p-1. The first-order chi connectivity index (χ1) is 11.1. The second-order valence-corrected chi connectivity index (χ2v) is 7.70. The molecule has 0 radical (unpaired) electrons. The third-order valence-corrected chi connectivity index (χ3v) is 6.49. The zero-order chi connectivity index (χ0) is 16.3. The van der Waals surface area contributed by atoms with Gasteiger partial charge in [-0.2, -0.15) is 0 Å². The van der Waals surface area contributed by atoms with Gasteiger partial charge in [-0.05, 0) is 24.1 Å². The zero-order valence-corrected chi connectivity index (χ0v) is 13.4. The molecule has 1 fully saturated rings. The van der Waals surface area contributed by atoms with Crippen LogP contribution in [0.15, 0.2) is 60.7 Å². The Kier molecular flexibility index (Phi) is 4.62. The van der Waals surface area contributed by atoms with E-state index < -0.39 is 20.0 Å². The highest BCUT2D eigenvalue weighted by Gasteiger charge is 2.42. The van der Waals surface area contributed by atoms with E-state index in [2.05, 4.69) is 0 Å². The second-order valence-electron chi connectivity index (χ2n) is 5.37. The van der Waals surface area contributed by atoms with E-state index in [1.807, 2.05) is 36.4 Å². The lowest BCUT2D eigenvalue weighted by molar-refractivity contribution is -0.305. The van der Waals surface area contributed by atoms with Gasteiger partial charge in [-0.1, -0.05) is 48.5 Å².